The van der Waals surface area contributed by atoms with Crippen molar-refractivity contribution in [1.29, 1.82) is 0 Å². The number of hydrogen-bond donors (Lipinski definition) is 1. The maximum Gasteiger partial charge on any atom is 0.130 e. The molecule has 0 aliphatic rings. The Kier molecular flexibility index (Phi) is 4.61. The molecule has 0 heterocycles. The first-order chi connectivity index (χ1) is 9.04. The summed E-state index contributed by atoms with van der Waals surface area (Å²) in [6.45, 7) is 2.00. The Bertz CT molecular complexity index is 601. The summed E-state index contributed by atoms with van der Waals surface area (Å²) in [5.74, 6) is -0.477. The minimum absolute atomic E-state index is 0.189. The molecule has 0 spiro atoms. The molecule has 1 atom stereocenters. The van der Waals surface area contributed by atoms with E-state index in [1.54, 1.807) is 6.07 Å². The number of benzene rings is 2. The van der Waals surface area contributed by atoms with Crippen molar-refractivity contribution in [3.05, 3.63) is 68.4 Å². The third-order valence-electron chi connectivity index (χ3n) is 3.06. The Labute approximate surface area is 125 Å². The van der Waals surface area contributed by atoms with Crippen molar-refractivity contribution in [3.8, 4) is 0 Å². The van der Waals surface area contributed by atoms with Gasteiger partial charge in [-0.05, 0) is 45.6 Å². The Morgan fingerprint density at radius 3 is 2.63 bits per heavy atom. The van der Waals surface area contributed by atoms with Gasteiger partial charge < -0.3 is 5.11 Å². The van der Waals surface area contributed by atoms with Crippen molar-refractivity contribution in [1.82, 2.24) is 0 Å². The van der Waals surface area contributed by atoms with Crippen LogP contribution in [0.15, 0.2) is 40.9 Å². The van der Waals surface area contributed by atoms with Crippen molar-refractivity contribution in [2.24, 2.45) is 0 Å². The van der Waals surface area contributed by atoms with Crippen LogP contribution in [0, 0.1) is 5.82 Å². The maximum atomic E-state index is 14.0. The fraction of sp³-hybridized carbons (Fsp3) is 0.200. The summed E-state index contributed by atoms with van der Waals surface area (Å²) < 4.78 is 14.4. The molecule has 0 saturated carbocycles. The van der Waals surface area contributed by atoms with Crippen molar-refractivity contribution in [2.75, 3.05) is 0 Å². The normalized spacial score (nSPS) is 12.5. The summed E-state index contributed by atoms with van der Waals surface area (Å²) in [4.78, 5) is 0. The van der Waals surface area contributed by atoms with Crippen LogP contribution in [-0.2, 0) is 6.42 Å². The first-order valence-electron chi connectivity index (χ1n) is 5.95. The molecule has 100 valence electrons. The van der Waals surface area contributed by atoms with Crippen LogP contribution in [0.3, 0.4) is 0 Å². The van der Waals surface area contributed by atoms with Crippen molar-refractivity contribution in [2.45, 2.75) is 19.4 Å². The highest BCUT2D eigenvalue weighted by molar-refractivity contribution is 9.10. The molecule has 0 amide bonds. The zero-order valence-electron chi connectivity index (χ0n) is 10.3. The Morgan fingerprint density at radius 1 is 1.26 bits per heavy atom. The van der Waals surface area contributed by atoms with Crippen LogP contribution in [0.2, 0.25) is 5.02 Å². The summed E-state index contributed by atoms with van der Waals surface area (Å²) in [6.07, 6.45) is -0.235. The number of halogens is 3. The molecule has 2 rings (SSSR count). The molecule has 2 aromatic carbocycles. The van der Waals surface area contributed by atoms with Crippen molar-refractivity contribution in [3.63, 3.8) is 0 Å². The van der Waals surface area contributed by atoms with E-state index in [4.69, 9.17) is 11.6 Å². The molecule has 0 bridgehead atoms. The predicted molar refractivity (Wildman–Crippen MR) is 79.0 cm³/mol. The van der Waals surface area contributed by atoms with Crippen LogP contribution in [0.5, 0.6) is 0 Å². The summed E-state index contributed by atoms with van der Waals surface area (Å²) in [5, 5.41) is 10.8. The van der Waals surface area contributed by atoms with Crippen LogP contribution in [0.25, 0.3) is 0 Å². The van der Waals surface area contributed by atoms with E-state index in [1.165, 1.54) is 12.1 Å². The molecular weight excluding hydrogens is 331 g/mol. The summed E-state index contributed by atoms with van der Waals surface area (Å²) in [6, 6.07) is 10.2. The minimum atomic E-state index is -1.01. The number of aliphatic hydroxyl groups is 1. The largest absolute Gasteiger partial charge is 0.384 e. The Balaban J connectivity index is 2.50. The van der Waals surface area contributed by atoms with Crippen LogP contribution < -0.4 is 0 Å². The molecule has 0 aliphatic carbocycles. The van der Waals surface area contributed by atoms with Gasteiger partial charge >= 0.3 is 0 Å². The smallest absolute Gasteiger partial charge is 0.130 e. The zero-order chi connectivity index (χ0) is 14.0. The third-order valence-corrected chi connectivity index (χ3v) is 4.26. The van der Waals surface area contributed by atoms with Crippen LogP contribution in [0.4, 0.5) is 4.39 Å². The van der Waals surface area contributed by atoms with E-state index < -0.39 is 11.9 Å². The second kappa shape index (κ2) is 6.04. The van der Waals surface area contributed by atoms with Gasteiger partial charge in [0.1, 0.15) is 11.9 Å². The van der Waals surface area contributed by atoms with Gasteiger partial charge in [-0.15, -0.1) is 0 Å². The number of aryl methyl sites for hydroxylation is 1. The van der Waals surface area contributed by atoms with Crippen molar-refractivity contribution < 1.29 is 9.50 Å². The zero-order valence-corrected chi connectivity index (χ0v) is 12.7. The number of aliphatic hydroxyl groups excluding tert-OH is 1. The van der Waals surface area contributed by atoms with Gasteiger partial charge in [-0.25, -0.2) is 4.39 Å². The van der Waals surface area contributed by atoms with Gasteiger partial charge in [-0.1, -0.05) is 42.8 Å². The first-order valence-corrected chi connectivity index (χ1v) is 7.12. The van der Waals surface area contributed by atoms with Gasteiger partial charge in [0.25, 0.3) is 0 Å². The topological polar surface area (TPSA) is 20.2 Å². The van der Waals surface area contributed by atoms with Crippen LogP contribution >= 0.6 is 27.5 Å². The fourth-order valence-electron chi connectivity index (χ4n) is 2.04. The Hall–Kier alpha value is -0.900. The average Bonchev–Trinajstić information content (AvgIpc) is 2.42. The quantitative estimate of drug-likeness (QED) is 0.787. The molecule has 0 aromatic heterocycles. The fourth-order valence-corrected chi connectivity index (χ4v) is 2.53. The SMILES string of the molecule is CCc1ccccc1C(O)c1cc(Cl)c(Br)cc1F. The lowest BCUT2D eigenvalue weighted by Crippen LogP contribution is -2.06. The predicted octanol–water partition coefficient (Wildman–Crippen LogP) is 4.89. The molecule has 1 unspecified atom stereocenters. The van der Waals surface area contributed by atoms with Crippen molar-refractivity contribution >= 4 is 27.5 Å². The summed E-state index contributed by atoms with van der Waals surface area (Å²) in [5.41, 5.74) is 1.89. The Morgan fingerprint density at radius 2 is 1.95 bits per heavy atom. The van der Waals surface area contributed by atoms with E-state index in [1.807, 2.05) is 25.1 Å². The van der Waals surface area contributed by atoms with Gasteiger partial charge in [0, 0.05) is 10.0 Å². The van der Waals surface area contributed by atoms with E-state index in [2.05, 4.69) is 15.9 Å². The average molecular weight is 344 g/mol. The molecule has 19 heavy (non-hydrogen) atoms. The first kappa shape index (κ1) is 14.5. The minimum Gasteiger partial charge on any atom is -0.384 e. The maximum absolute atomic E-state index is 14.0. The van der Waals surface area contributed by atoms with E-state index in [9.17, 15) is 9.50 Å². The van der Waals surface area contributed by atoms with Gasteiger partial charge in [0.05, 0.1) is 5.02 Å². The molecule has 2 aromatic rings. The molecule has 1 N–H and O–H groups in total. The molecule has 0 radical (unpaired) electrons. The van der Waals surface area contributed by atoms with Crippen LogP contribution in [0.1, 0.15) is 29.7 Å². The lowest BCUT2D eigenvalue weighted by atomic mass is 9.95. The highest BCUT2D eigenvalue weighted by Gasteiger charge is 2.19. The molecular formula is C15H13BrClFO. The molecule has 1 nitrogen and oxygen atoms in total. The lowest BCUT2D eigenvalue weighted by Gasteiger charge is -2.16. The second-order valence-corrected chi connectivity index (χ2v) is 5.50. The molecule has 0 aliphatic heterocycles. The van der Waals surface area contributed by atoms with E-state index in [-0.39, 0.29) is 5.56 Å². The van der Waals surface area contributed by atoms with E-state index in [0.29, 0.717) is 15.1 Å². The summed E-state index contributed by atoms with van der Waals surface area (Å²) in [7, 11) is 0. The molecule has 0 fully saturated rings. The molecule has 0 saturated heterocycles. The highest BCUT2D eigenvalue weighted by atomic mass is 79.9. The lowest BCUT2D eigenvalue weighted by molar-refractivity contribution is 0.214. The summed E-state index contributed by atoms with van der Waals surface area (Å²) >= 11 is 9.13. The van der Waals surface area contributed by atoms with Gasteiger partial charge in [-0.2, -0.15) is 0 Å². The number of hydrogen-bond acceptors (Lipinski definition) is 1. The van der Waals surface area contributed by atoms with Gasteiger partial charge in [0.2, 0.25) is 0 Å². The standard InChI is InChI=1S/C15H13BrClFO/c1-2-9-5-3-4-6-10(9)15(19)11-7-13(17)12(16)8-14(11)18/h3-8,15,19H,2H2,1H3. The van der Waals surface area contributed by atoms with Gasteiger partial charge in [0.15, 0.2) is 0 Å². The van der Waals surface area contributed by atoms with E-state index >= 15 is 0 Å². The third kappa shape index (κ3) is 2.99. The van der Waals surface area contributed by atoms with E-state index in [0.717, 1.165) is 12.0 Å². The second-order valence-electron chi connectivity index (χ2n) is 4.24. The number of rotatable bonds is 3. The van der Waals surface area contributed by atoms with Gasteiger partial charge in [-0.3, -0.25) is 0 Å². The monoisotopic (exact) mass is 342 g/mol. The molecule has 4 heteroatoms. The van der Waals surface area contributed by atoms with Crippen LogP contribution in [-0.4, -0.2) is 5.11 Å². The highest BCUT2D eigenvalue weighted by Crippen LogP contribution is 2.32.